The molecule has 132 valence electrons. The minimum atomic E-state index is 0.103. The average Bonchev–Trinajstić information content (AvgIpc) is 2.67. The molecule has 0 bridgehead atoms. The fourth-order valence-electron chi connectivity index (χ4n) is 3.70. The summed E-state index contributed by atoms with van der Waals surface area (Å²) in [5.74, 6) is 0.614. The maximum absolute atomic E-state index is 12.3. The van der Waals surface area contributed by atoms with Crippen LogP contribution >= 0.6 is 11.8 Å². The zero-order valence-electron chi connectivity index (χ0n) is 14.3. The van der Waals surface area contributed by atoms with Gasteiger partial charge in [-0.3, -0.25) is 9.69 Å². The maximum atomic E-state index is 12.3. The molecule has 0 radical (unpaired) electrons. The normalized spacial score (nSPS) is 21.3. The van der Waals surface area contributed by atoms with Gasteiger partial charge in [-0.1, -0.05) is 24.6 Å². The molecule has 3 rings (SSSR count). The van der Waals surface area contributed by atoms with Gasteiger partial charge in [-0.2, -0.15) is 0 Å². The minimum Gasteiger partial charge on any atom is -0.381 e. The second-order valence-electron chi connectivity index (χ2n) is 6.76. The first-order chi connectivity index (χ1) is 11.8. The second kappa shape index (κ2) is 8.88. The summed E-state index contributed by atoms with van der Waals surface area (Å²) in [6.45, 7) is 4.70. The van der Waals surface area contributed by atoms with E-state index in [4.69, 9.17) is 4.74 Å². The van der Waals surface area contributed by atoms with Gasteiger partial charge in [0.05, 0.1) is 5.75 Å². The van der Waals surface area contributed by atoms with Crippen LogP contribution < -0.4 is 5.32 Å². The molecule has 0 saturated carbocycles. The third-order valence-corrected chi connectivity index (χ3v) is 6.19. The summed E-state index contributed by atoms with van der Waals surface area (Å²) in [6.07, 6.45) is 5.95. The van der Waals surface area contributed by atoms with Gasteiger partial charge in [0.25, 0.3) is 0 Å². The number of likely N-dealkylation sites (tertiary alicyclic amines) is 1. The number of hydrogen-bond acceptors (Lipinski definition) is 4. The van der Waals surface area contributed by atoms with Crippen molar-refractivity contribution in [2.24, 2.45) is 0 Å². The number of ether oxygens (including phenoxy) is 1. The number of nitrogens with one attached hydrogen (secondary N) is 1. The lowest BCUT2D eigenvalue weighted by atomic mass is 9.86. The Labute approximate surface area is 149 Å². The van der Waals surface area contributed by atoms with Gasteiger partial charge in [-0.25, -0.2) is 0 Å². The summed E-state index contributed by atoms with van der Waals surface area (Å²) < 4.78 is 5.58. The zero-order valence-corrected chi connectivity index (χ0v) is 15.2. The monoisotopic (exact) mass is 348 g/mol. The van der Waals surface area contributed by atoms with Crippen molar-refractivity contribution in [1.82, 2.24) is 10.2 Å². The van der Waals surface area contributed by atoms with Crippen LogP contribution in [0, 0.1) is 0 Å². The van der Waals surface area contributed by atoms with E-state index in [2.05, 4.69) is 10.2 Å². The van der Waals surface area contributed by atoms with Crippen LogP contribution in [-0.2, 0) is 9.53 Å². The van der Waals surface area contributed by atoms with Crippen molar-refractivity contribution in [3.05, 3.63) is 30.3 Å². The molecular formula is C19H28N2O2S. The average molecular weight is 349 g/mol. The van der Waals surface area contributed by atoms with Gasteiger partial charge in [-0.05, 0) is 50.9 Å². The molecule has 2 aliphatic rings. The molecule has 5 heteroatoms. The topological polar surface area (TPSA) is 41.6 Å². The summed E-state index contributed by atoms with van der Waals surface area (Å²) in [4.78, 5) is 16.1. The second-order valence-corrected chi connectivity index (χ2v) is 7.81. The molecule has 1 aromatic rings. The molecule has 2 saturated heterocycles. The summed E-state index contributed by atoms with van der Waals surface area (Å²) in [5, 5.41) is 3.20. The number of thioether (sulfide) groups is 1. The van der Waals surface area contributed by atoms with Crippen LogP contribution in [0.25, 0.3) is 0 Å². The van der Waals surface area contributed by atoms with Crippen molar-refractivity contribution < 1.29 is 9.53 Å². The maximum Gasteiger partial charge on any atom is 0.230 e. The summed E-state index contributed by atoms with van der Waals surface area (Å²) in [5.41, 5.74) is 0.103. The minimum absolute atomic E-state index is 0.103. The Kier molecular flexibility index (Phi) is 6.58. The van der Waals surface area contributed by atoms with Gasteiger partial charge in [0, 0.05) is 30.2 Å². The van der Waals surface area contributed by atoms with Crippen LogP contribution in [0.4, 0.5) is 0 Å². The number of amides is 1. The Bertz CT molecular complexity index is 511. The molecule has 0 aromatic heterocycles. The van der Waals surface area contributed by atoms with Crippen LogP contribution in [0.1, 0.15) is 32.1 Å². The van der Waals surface area contributed by atoms with Crippen molar-refractivity contribution in [2.45, 2.75) is 42.5 Å². The van der Waals surface area contributed by atoms with Gasteiger partial charge in [0.2, 0.25) is 5.91 Å². The quantitative estimate of drug-likeness (QED) is 0.803. The zero-order chi connectivity index (χ0) is 16.7. The fourth-order valence-corrected chi connectivity index (χ4v) is 4.45. The molecule has 1 aromatic carbocycles. The summed E-state index contributed by atoms with van der Waals surface area (Å²) in [6, 6.07) is 10.1. The molecule has 2 heterocycles. The molecule has 2 aliphatic heterocycles. The molecule has 2 fully saturated rings. The largest absolute Gasteiger partial charge is 0.381 e. The SMILES string of the molecule is O=C(CSc1ccccc1)NCC1(N2CCCCC2)CCOCC1. The summed E-state index contributed by atoms with van der Waals surface area (Å²) >= 11 is 1.60. The van der Waals surface area contributed by atoms with E-state index in [-0.39, 0.29) is 11.4 Å². The first-order valence-electron chi connectivity index (χ1n) is 9.06. The van der Waals surface area contributed by atoms with Crippen molar-refractivity contribution in [1.29, 1.82) is 0 Å². The Balaban J connectivity index is 1.52. The van der Waals surface area contributed by atoms with E-state index in [1.807, 2.05) is 30.3 Å². The van der Waals surface area contributed by atoms with Crippen LogP contribution in [0.5, 0.6) is 0 Å². The molecule has 4 nitrogen and oxygen atoms in total. The smallest absolute Gasteiger partial charge is 0.230 e. The van der Waals surface area contributed by atoms with Gasteiger partial charge in [-0.15, -0.1) is 11.8 Å². The van der Waals surface area contributed by atoms with Crippen molar-refractivity contribution in [3.63, 3.8) is 0 Å². The molecule has 0 unspecified atom stereocenters. The first-order valence-corrected chi connectivity index (χ1v) is 10.0. The molecule has 24 heavy (non-hydrogen) atoms. The lowest BCUT2D eigenvalue weighted by molar-refractivity contribution is -0.120. The number of carbonyl (C=O) groups excluding carboxylic acids is 1. The molecule has 0 aliphatic carbocycles. The number of carbonyl (C=O) groups is 1. The van der Waals surface area contributed by atoms with Gasteiger partial charge < -0.3 is 10.1 Å². The number of hydrogen-bond donors (Lipinski definition) is 1. The Morgan fingerprint density at radius 2 is 1.83 bits per heavy atom. The van der Waals surface area contributed by atoms with E-state index >= 15 is 0 Å². The molecule has 1 N–H and O–H groups in total. The van der Waals surface area contributed by atoms with Crippen LogP contribution in [0.15, 0.2) is 35.2 Å². The predicted molar refractivity (Wildman–Crippen MR) is 98.4 cm³/mol. The lowest BCUT2D eigenvalue weighted by Crippen LogP contribution is -2.59. The molecule has 1 amide bonds. The van der Waals surface area contributed by atoms with Gasteiger partial charge in [0.1, 0.15) is 0 Å². The van der Waals surface area contributed by atoms with E-state index in [0.717, 1.165) is 50.6 Å². The van der Waals surface area contributed by atoms with E-state index in [9.17, 15) is 4.79 Å². The van der Waals surface area contributed by atoms with Gasteiger partial charge in [0.15, 0.2) is 0 Å². The molecular weight excluding hydrogens is 320 g/mol. The highest BCUT2D eigenvalue weighted by Crippen LogP contribution is 2.30. The highest BCUT2D eigenvalue weighted by molar-refractivity contribution is 8.00. The van der Waals surface area contributed by atoms with E-state index in [1.54, 1.807) is 11.8 Å². The highest BCUT2D eigenvalue weighted by Gasteiger charge is 2.39. The number of nitrogens with zero attached hydrogens (tertiary/aromatic N) is 1. The third-order valence-electron chi connectivity index (χ3n) is 5.18. The third kappa shape index (κ3) is 4.74. The molecule has 0 atom stereocenters. The van der Waals surface area contributed by atoms with E-state index in [0.29, 0.717) is 5.75 Å². The first kappa shape index (κ1) is 17.8. The summed E-state index contributed by atoms with van der Waals surface area (Å²) in [7, 11) is 0. The van der Waals surface area contributed by atoms with E-state index in [1.165, 1.54) is 19.3 Å². The number of piperidine rings is 1. The number of rotatable bonds is 6. The fraction of sp³-hybridized carbons (Fsp3) is 0.632. The number of benzene rings is 1. The predicted octanol–water partition coefficient (Wildman–Crippen LogP) is 2.93. The molecule has 0 spiro atoms. The lowest BCUT2D eigenvalue weighted by Gasteiger charge is -2.48. The van der Waals surface area contributed by atoms with Gasteiger partial charge >= 0.3 is 0 Å². The van der Waals surface area contributed by atoms with E-state index < -0.39 is 0 Å². The van der Waals surface area contributed by atoms with Crippen molar-refractivity contribution >= 4 is 17.7 Å². The Morgan fingerprint density at radius 1 is 1.12 bits per heavy atom. The Morgan fingerprint density at radius 3 is 2.54 bits per heavy atom. The standard InChI is InChI=1S/C19H28N2O2S/c22-18(15-24-17-7-3-1-4-8-17)20-16-19(9-13-23-14-10-19)21-11-5-2-6-12-21/h1,3-4,7-8H,2,5-6,9-16H2,(H,20,22). The van der Waals surface area contributed by atoms with Crippen LogP contribution in [0.3, 0.4) is 0 Å². The Hall–Kier alpha value is -1.04. The highest BCUT2D eigenvalue weighted by atomic mass is 32.2. The van der Waals surface area contributed by atoms with Crippen molar-refractivity contribution in [3.8, 4) is 0 Å². The van der Waals surface area contributed by atoms with Crippen LogP contribution in [-0.4, -0.2) is 54.9 Å². The van der Waals surface area contributed by atoms with Crippen LogP contribution in [0.2, 0.25) is 0 Å². The van der Waals surface area contributed by atoms with Crippen molar-refractivity contribution in [2.75, 3.05) is 38.6 Å².